The maximum Gasteiger partial charge on any atom is 0.154 e. The molecule has 0 radical (unpaired) electrons. The number of nitrogens with zero attached hydrogens (tertiary/aromatic N) is 2. The van der Waals surface area contributed by atoms with Crippen molar-refractivity contribution >= 4 is 17.3 Å². The maximum absolute atomic E-state index is 5.99. The Morgan fingerprint density at radius 1 is 1.22 bits per heavy atom. The van der Waals surface area contributed by atoms with Crippen LogP contribution in [-0.2, 0) is 4.74 Å². The molecule has 4 N–H and O–H groups in total. The first kappa shape index (κ1) is 14.5. The first-order valence-corrected chi connectivity index (χ1v) is 6.22. The van der Waals surface area contributed by atoms with Gasteiger partial charge in [-0.05, 0) is 12.3 Å². The van der Waals surface area contributed by atoms with Gasteiger partial charge in [0, 0.05) is 20.2 Å². The smallest absolute Gasteiger partial charge is 0.154 e. The molecular weight excluding hydrogens is 230 g/mol. The van der Waals surface area contributed by atoms with Crippen molar-refractivity contribution in [2.45, 2.75) is 20.3 Å². The van der Waals surface area contributed by atoms with Crippen molar-refractivity contribution in [3.05, 3.63) is 6.33 Å². The molecule has 18 heavy (non-hydrogen) atoms. The third-order valence-electron chi connectivity index (χ3n) is 2.50. The summed E-state index contributed by atoms with van der Waals surface area (Å²) in [6.07, 6.45) is 2.58. The Balaban J connectivity index is 2.55. The molecule has 1 aromatic rings. The van der Waals surface area contributed by atoms with E-state index in [1.54, 1.807) is 7.11 Å². The van der Waals surface area contributed by atoms with Crippen LogP contribution in [0, 0.1) is 5.92 Å². The van der Waals surface area contributed by atoms with Crippen molar-refractivity contribution in [2.24, 2.45) is 5.92 Å². The van der Waals surface area contributed by atoms with Crippen molar-refractivity contribution in [1.82, 2.24) is 9.97 Å². The number of hydrogen-bond donors (Lipinski definition) is 3. The minimum absolute atomic E-state index is 0.553. The SMILES string of the molecule is COCCNc1ncnc(NCCC(C)C)c1N. The molecule has 6 nitrogen and oxygen atoms in total. The number of methoxy groups -OCH3 is 1. The number of nitrogens with one attached hydrogen (secondary N) is 2. The third-order valence-corrected chi connectivity index (χ3v) is 2.50. The topological polar surface area (TPSA) is 85.1 Å². The highest BCUT2D eigenvalue weighted by molar-refractivity contribution is 5.73. The fourth-order valence-electron chi connectivity index (χ4n) is 1.43. The highest BCUT2D eigenvalue weighted by Crippen LogP contribution is 2.22. The Hall–Kier alpha value is -1.56. The van der Waals surface area contributed by atoms with Crippen LogP contribution in [0.3, 0.4) is 0 Å². The van der Waals surface area contributed by atoms with Gasteiger partial charge in [0.25, 0.3) is 0 Å². The molecule has 0 aromatic carbocycles. The Morgan fingerprint density at radius 3 is 2.39 bits per heavy atom. The Labute approximate surface area is 108 Å². The quantitative estimate of drug-likeness (QED) is 0.610. The lowest BCUT2D eigenvalue weighted by molar-refractivity contribution is 0.210. The summed E-state index contributed by atoms with van der Waals surface area (Å²) in [5.74, 6) is 1.99. The van der Waals surface area contributed by atoms with E-state index in [1.807, 2.05) is 0 Å². The van der Waals surface area contributed by atoms with Crippen molar-refractivity contribution in [3.8, 4) is 0 Å². The number of nitrogens with two attached hydrogens (primary N) is 1. The van der Waals surface area contributed by atoms with Gasteiger partial charge in [0.1, 0.15) is 12.0 Å². The predicted molar refractivity (Wildman–Crippen MR) is 74.8 cm³/mol. The van der Waals surface area contributed by atoms with E-state index < -0.39 is 0 Å². The Morgan fingerprint density at radius 2 is 1.83 bits per heavy atom. The van der Waals surface area contributed by atoms with Gasteiger partial charge in [0.2, 0.25) is 0 Å². The summed E-state index contributed by atoms with van der Waals surface area (Å²) in [4.78, 5) is 8.26. The molecule has 0 bridgehead atoms. The highest BCUT2D eigenvalue weighted by atomic mass is 16.5. The van der Waals surface area contributed by atoms with Crippen molar-refractivity contribution < 1.29 is 4.74 Å². The summed E-state index contributed by atoms with van der Waals surface area (Å²) in [6, 6.07) is 0. The van der Waals surface area contributed by atoms with Crippen LogP contribution in [0.5, 0.6) is 0 Å². The normalized spacial score (nSPS) is 10.7. The Bertz CT molecular complexity index is 356. The molecule has 0 amide bonds. The number of hydrogen-bond acceptors (Lipinski definition) is 6. The molecule has 102 valence electrons. The number of ether oxygens (including phenoxy) is 1. The minimum atomic E-state index is 0.553. The van der Waals surface area contributed by atoms with Gasteiger partial charge in [-0.25, -0.2) is 9.97 Å². The van der Waals surface area contributed by atoms with Crippen LogP contribution < -0.4 is 16.4 Å². The maximum atomic E-state index is 5.99. The second-order valence-corrected chi connectivity index (χ2v) is 4.51. The van der Waals surface area contributed by atoms with Crippen LogP contribution in [0.1, 0.15) is 20.3 Å². The van der Waals surface area contributed by atoms with E-state index in [0.717, 1.165) is 13.0 Å². The largest absolute Gasteiger partial charge is 0.393 e. The van der Waals surface area contributed by atoms with E-state index in [2.05, 4.69) is 34.4 Å². The lowest BCUT2D eigenvalue weighted by atomic mass is 10.1. The van der Waals surface area contributed by atoms with E-state index in [9.17, 15) is 0 Å². The molecule has 0 saturated carbocycles. The van der Waals surface area contributed by atoms with Crippen LogP contribution in [0.15, 0.2) is 6.33 Å². The standard InChI is InChI=1S/C12H23N5O/c1-9(2)4-5-14-11-10(13)12(17-8-16-11)15-6-7-18-3/h8-9H,4-7,13H2,1-3H3,(H2,14,15,16,17). The summed E-state index contributed by atoms with van der Waals surface area (Å²) in [7, 11) is 1.66. The van der Waals surface area contributed by atoms with Gasteiger partial charge in [-0.2, -0.15) is 0 Å². The zero-order valence-corrected chi connectivity index (χ0v) is 11.4. The van der Waals surface area contributed by atoms with Gasteiger partial charge in [0.05, 0.1) is 6.61 Å². The van der Waals surface area contributed by atoms with Crippen LogP contribution in [0.4, 0.5) is 17.3 Å². The molecule has 0 fully saturated rings. The van der Waals surface area contributed by atoms with E-state index in [1.165, 1.54) is 6.33 Å². The zero-order chi connectivity index (χ0) is 13.4. The third kappa shape index (κ3) is 4.75. The molecule has 0 aliphatic rings. The Kier molecular flexibility index (Phi) is 6.21. The predicted octanol–water partition coefficient (Wildman–Crippen LogP) is 1.58. The monoisotopic (exact) mass is 253 g/mol. The van der Waals surface area contributed by atoms with E-state index >= 15 is 0 Å². The lowest BCUT2D eigenvalue weighted by Gasteiger charge is -2.12. The van der Waals surface area contributed by atoms with Crippen LogP contribution in [0.25, 0.3) is 0 Å². The van der Waals surface area contributed by atoms with Crippen LogP contribution in [0.2, 0.25) is 0 Å². The van der Waals surface area contributed by atoms with Gasteiger partial charge in [-0.1, -0.05) is 13.8 Å². The summed E-state index contributed by atoms with van der Waals surface area (Å²) < 4.78 is 4.96. The average molecular weight is 253 g/mol. The van der Waals surface area contributed by atoms with E-state index in [0.29, 0.717) is 36.4 Å². The molecule has 0 aliphatic heterocycles. The molecule has 6 heteroatoms. The summed E-state index contributed by atoms with van der Waals surface area (Å²) in [6.45, 7) is 6.50. The van der Waals surface area contributed by atoms with Crippen molar-refractivity contribution in [3.63, 3.8) is 0 Å². The summed E-state index contributed by atoms with van der Waals surface area (Å²) in [5, 5.41) is 6.34. The fraction of sp³-hybridized carbons (Fsp3) is 0.667. The van der Waals surface area contributed by atoms with Gasteiger partial charge in [-0.15, -0.1) is 0 Å². The average Bonchev–Trinajstić information content (AvgIpc) is 2.33. The second kappa shape index (κ2) is 7.71. The lowest BCUT2D eigenvalue weighted by Crippen LogP contribution is -2.14. The van der Waals surface area contributed by atoms with Crippen molar-refractivity contribution in [2.75, 3.05) is 43.2 Å². The van der Waals surface area contributed by atoms with E-state index in [4.69, 9.17) is 10.5 Å². The first-order valence-electron chi connectivity index (χ1n) is 6.22. The molecule has 0 unspecified atom stereocenters. The highest BCUT2D eigenvalue weighted by Gasteiger charge is 2.07. The van der Waals surface area contributed by atoms with Gasteiger partial charge < -0.3 is 21.1 Å². The number of aromatic nitrogens is 2. The number of nitrogen functional groups attached to an aromatic ring is 1. The summed E-state index contributed by atoms with van der Waals surface area (Å²) >= 11 is 0. The van der Waals surface area contributed by atoms with E-state index in [-0.39, 0.29) is 0 Å². The molecule has 0 spiro atoms. The van der Waals surface area contributed by atoms with Gasteiger partial charge >= 0.3 is 0 Å². The molecule has 0 aliphatic carbocycles. The first-order chi connectivity index (χ1) is 8.65. The molecule has 0 atom stereocenters. The van der Waals surface area contributed by atoms with Crippen molar-refractivity contribution in [1.29, 1.82) is 0 Å². The fourth-order valence-corrected chi connectivity index (χ4v) is 1.43. The molecule has 1 heterocycles. The summed E-state index contributed by atoms with van der Waals surface area (Å²) in [5.41, 5.74) is 6.54. The molecule has 1 rings (SSSR count). The molecule has 1 aromatic heterocycles. The zero-order valence-electron chi connectivity index (χ0n) is 11.4. The minimum Gasteiger partial charge on any atom is -0.393 e. The van der Waals surface area contributed by atoms with Crippen LogP contribution >= 0.6 is 0 Å². The van der Waals surface area contributed by atoms with Crippen LogP contribution in [-0.4, -0.2) is 36.8 Å². The second-order valence-electron chi connectivity index (χ2n) is 4.51. The molecule has 0 saturated heterocycles. The van der Waals surface area contributed by atoms with Gasteiger partial charge in [0.15, 0.2) is 11.6 Å². The van der Waals surface area contributed by atoms with Gasteiger partial charge in [-0.3, -0.25) is 0 Å². The number of rotatable bonds is 8. The number of anilines is 3. The molecular formula is C12H23N5O.